The van der Waals surface area contributed by atoms with E-state index in [4.69, 9.17) is 4.42 Å². The second kappa shape index (κ2) is 7.32. The molecular weight excluding hydrogens is 260 g/mol. The number of benzene rings is 1. The highest BCUT2D eigenvalue weighted by atomic mass is 16.3. The molecule has 2 aromatic rings. The molecule has 0 aliphatic heterocycles. The van der Waals surface area contributed by atoms with E-state index in [-0.39, 0.29) is 0 Å². The van der Waals surface area contributed by atoms with Crippen LogP contribution in [0.1, 0.15) is 30.9 Å². The van der Waals surface area contributed by atoms with Crippen LogP contribution in [0.25, 0.3) is 0 Å². The van der Waals surface area contributed by atoms with Crippen LogP contribution < -0.4 is 10.2 Å². The molecule has 0 amide bonds. The first-order valence-electron chi connectivity index (χ1n) is 7.61. The minimum Gasteiger partial charge on any atom is -0.463 e. The van der Waals surface area contributed by atoms with Crippen molar-refractivity contribution >= 4 is 5.69 Å². The highest BCUT2D eigenvalue weighted by Gasteiger charge is 2.10. The lowest BCUT2D eigenvalue weighted by Gasteiger charge is -2.17. The van der Waals surface area contributed by atoms with Gasteiger partial charge >= 0.3 is 0 Å². The maximum Gasteiger partial charge on any atom is 0.123 e. The van der Waals surface area contributed by atoms with Gasteiger partial charge in [-0.2, -0.15) is 0 Å². The first-order chi connectivity index (χ1) is 10.1. The number of rotatable bonds is 7. The number of para-hydroxylation sites is 1. The fraction of sp³-hybridized carbons (Fsp3) is 0.444. The Kier molecular flexibility index (Phi) is 5.45. The van der Waals surface area contributed by atoms with E-state index < -0.39 is 0 Å². The van der Waals surface area contributed by atoms with Crippen LogP contribution in [0.5, 0.6) is 0 Å². The molecule has 114 valence electrons. The van der Waals surface area contributed by atoms with E-state index in [0.717, 1.165) is 31.2 Å². The molecule has 0 spiro atoms. The third-order valence-electron chi connectivity index (χ3n) is 3.50. The predicted molar refractivity (Wildman–Crippen MR) is 88.5 cm³/mol. The molecule has 0 atom stereocenters. The fourth-order valence-electron chi connectivity index (χ4n) is 2.33. The van der Waals surface area contributed by atoms with Gasteiger partial charge in [0.05, 0.1) is 13.1 Å². The second-order valence-corrected chi connectivity index (χ2v) is 6.04. The first-order valence-corrected chi connectivity index (χ1v) is 7.61. The molecule has 21 heavy (non-hydrogen) atoms. The molecule has 0 saturated carbocycles. The molecular formula is C18H26N2O. The van der Waals surface area contributed by atoms with E-state index in [1.807, 2.05) is 6.07 Å². The molecule has 2 rings (SSSR count). The van der Waals surface area contributed by atoms with Crippen LogP contribution in [0.3, 0.4) is 0 Å². The van der Waals surface area contributed by atoms with Gasteiger partial charge in [-0.3, -0.25) is 0 Å². The molecule has 3 nitrogen and oxygen atoms in total. The summed E-state index contributed by atoms with van der Waals surface area (Å²) in [5.41, 5.74) is 2.42. The van der Waals surface area contributed by atoms with Crippen molar-refractivity contribution in [3.8, 4) is 0 Å². The van der Waals surface area contributed by atoms with Crippen molar-refractivity contribution in [2.75, 3.05) is 18.5 Å². The maximum atomic E-state index is 5.98. The number of furan rings is 1. The summed E-state index contributed by atoms with van der Waals surface area (Å²) in [6, 6.07) is 12.5. The molecule has 1 aromatic carbocycles. The van der Waals surface area contributed by atoms with Crippen LogP contribution in [0, 0.1) is 12.8 Å². The molecule has 1 aromatic heterocycles. The van der Waals surface area contributed by atoms with Gasteiger partial charge in [0.15, 0.2) is 0 Å². The molecule has 0 unspecified atom stereocenters. The molecule has 0 radical (unpaired) electrons. The molecule has 1 N–H and O–H groups in total. The van der Waals surface area contributed by atoms with Gasteiger partial charge in [0.2, 0.25) is 0 Å². The van der Waals surface area contributed by atoms with E-state index >= 15 is 0 Å². The average Bonchev–Trinajstić information content (AvgIpc) is 2.79. The fourth-order valence-corrected chi connectivity index (χ4v) is 2.33. The molecule has 0 saturated heterocycles. The summed E-state index contributed by atoms with van der Waals surface area (Å²) in [6.45, 7) is 9.14. The van der Waals surface area contributed by atoms with Crippen molar-refractivity contribution in [1.29, 1.82) is 0 Å². The summed E-state index contributed by atoms with van der Waals surface area (Å²) in [7, 11) is 2.09. The SMILES string of the molecule is Cc1cc(CN(C)c2ccccc2)oc1CNCC(C)C. The first kappa shape index (κ1) is 15.6. The number of nitrogens with one attached hydrogen (secondary N) is 1. The second-order valence-electron chi connectivity index (χ2n) is 6.04. The van der Waals surface area contributed by atoms with Gasteiger partial charge in [0.25, 0.3) is 0 Å². The zero-order valence-corrected chi connectivity index (χ0v) is 13.5. The lowest BCUT2D eigenvalue weighted by Crippen LogP contribution is -2.19. The molecule has 0 bridgehead atoms. The van der Waals surface area contributed by atoms with Gasteiger partial charge in [-0.25, -0.2) is 0 Å². The number of nitrogens with zero attached hydrogens (tertiary/aromatic N) is 1. The Labute approximate surface area is 128 Å². The third-order valence-corrected chi connectivity index (χ3v) is 3.50. The zero-order chi connectivity index (χ0) is 15.2. The van der Waals surface area contributed by atoms with Gasteiger partial charge in [-0.05, 0) is 43.1 Å². The molecule has 0 aliphatic rings. The van der Waals surface area contributed by atoms with Crippen LogP contribution in [-0.2, 0) is 13.1 Å². The van der Waals surface area contributed by atoms with E-state index in [1.54, 1.807) is 0 Å². The van der Waals surface area contributed by atoms with Gasteiger partial charge in [-0.1, -0.05) is 32.0 Å². The molecule has 0 aliphatic carbocycles. The van der Waals surface area contributed by atoms with Crippen molar-refractivity contribution in [1.82, 2.24) is 5.32 Å². The summed E-state index contributed by atoms with van der Waals surface area (Å²) >= 11 is 0. The summed E-state index contributed by atoms with van der Waals surface area (Å²) in [6.07, 6.45) is 0. The van der Waals surface area contributed by atoms with Gasteiger partial charge < -0.3 is 14.6 Å². The zero-order valence-electron chi connectivity index (χ0n) is 13.5. The Balaban J connectivity index is 1.95. The van der Waals surface area contributed by atoms with E-state index in [1.165, 1.54) is 11.3 Å². The highest BCUT2D eigenvalue weighted by molar-refractivity contribution is 5.45. The quantitative estimate of drug-likeness (QED) is 0.835. The van der Waals surface area contributed by atoms with E-state index in [2.05, 4.69) is 68.4 Å². The minimum absolute atomic E-state index is 0.656. The Hall–Kier alpha value is -1.74. The van der Waals surface area contributed by atoms with Gasteiger partial charge in [0, 0.05) is 12.7 Å². The Morgan fingerprint density at radius 2 is 1.90 bits per heavy atom. The van der Waals surface area contributed by atoms with Gasteiger partial charge in [0.1, 0.15) is 11.5 Å². The van der Waals surface area contributed by atoms with Crippen molar-refractivity contribution in [2.45, 2.75) is 33.9 Å². The van der Waals surface area contributed by atoms with Crippen LogP contribution in [0.15, 0.2) is 40.8 Å². The lowest BCUT2D eigenvalue weighted by molar-refractivity contribution is 0.433. The van der Waals surface area contributed by atoms with Crippen LogP contribution in [-0.4, -0.2) is 13.6 Å². The number of hydrogen-bond donors (Lipinski definition) is 1. The number of aryl methyl sites for hydroxylation is 1. The minimum atomic E-state index is 0.656. The van der Waals surface area contributed by atoms with Crippen molar-refractivity contribution in [3.05, 3.63) is 53.5 Å². The van der Waals surface area contributed by atoms with Crippen molar-refractivity contribution in [2.24, 2.45) is 5.92 Å². The van der Waals surface area contributed by atoms with Crippen LogP contribution in [0.2, 0.25) is 0 Å². The molecule has 1 heterocycles. The Morgan fingerprint density at radius 3 is 2.57 bits per heavy atom. The predicted octanol–water partition coefficient (Wildman–Crippen LogP) is 3.97. The topological polar surface area (TPSA) is 28.4 Å². The van der Waals surface area contributed by atoms with Crippen LogP contribution >= 0.6 is 0 Å². The molecule has 0 fully saturated rings. The van der Waals surface area contributed by atoms with E-state index in [9.17, 15) is 0 Å². The summed E-state index contributed by atoms with van der Waals surface area (Å²) in [5.74, 6) is 2.72. The highest BCUT2D eigenvalue weighted by Crippen LogP contribution is 2.19. The largest absolute Gasteiger partial charge is 0.463 e. The molecule has 3 heteroatoms. The monoisotopic (exact) mass is 286 g/mol. The average molecular weight is 286 g/mol. The van der Waals surface area contributed by atoms with Gasteiger partial charge in [-0.15, -0.1) is 0 Å². The van der Waals surface area contributed by atoms with Crippen molar-refractivity contribution < 1.29 is 4.42 Å². The number of hydrogen-bond acceptors (Lipinski definition) is 3. The third kappa shape index (κ3) is 4.64. The smallest absolute Gasteiger partial charge is 0.123 e. The van der Waals surface area contributed by atoms with Crippen LogP contribution in [0.4, 0.5) is 5.69 Å². The Bertz CT molecular complexity index is 546. The summed E-state index contributed by atoms with van der Waals surface area (Å²) in [5, 5.41) is 3.43. The summed E-state index contributed by atoms with van der Waals surface area (Å²) < 4.78 is 5.98. The number of anilines is 1. The maximum absolute atomic E-state index is 5.98. The van der Waals surface area contributed by atoms with Crippen molar-refractivity contribution in [3.63, 3.8) is 0 Å². The van der Waals surface area contributed by atoms with E-state index in [0.29, 0.717) is 5.92 Å². The standard InChI is InChI=1S/C18H26N2O/c1-14(2)11-19-12-18-15(3)10-17(21-18)13-20(4)16-8-6-5-7-9-16/h5-10,14,19H,11-13H2,1-4H3. The lowest BCUT2D eigenvalue weighted by atomic mass is 10.2. The Morgan fingerprint density at radius 1 is 1.19 bits per heavy atom. The normalized spacial score (nSPS) is 11.1. The summed E-state index contributed by atoms with van der Waals surface area (Å²) in [4.78, 5) is 2.20.